The van der Waals surface area contributed by atoms with Crippen LogP contribution < -0.4 is 11.3 Å². The zero-order valence-corrected chi connectivity index (χ0v) is 10.4. The Morgan fingerprint density at radius 1 is 1.10 bits per heavy atom. The molecule has 0 saturated heterocycles. The number of aromatic nitrogens is 1. The minimum atomic E-state index is -1.39. The lowest BCUT2D eigenvalue weighted by atomic mass is 9.98. The van der Waals surface area contributed by atoms with E-state index >= 15 is 0 Å². The van der Waals surface area contributed by atoms with Crippen molar-refractivity contribution in [3.63, 3.8) is 0 Å². The van der Waals surface area contributed by atoms with Crippen LogP contribution >= 0.6 is 0 Å². The van der Waals surface area contributed by atoms with Crippen molar-refractivity contribution in [3.05, 3.63) is 64.6 Å². The Hall–Kier alpha value is -2.89. The van der Waals surface area contributed by atoms with Gasteiger partial charge in [-0.05, 0) is 23.8 Å². The highest BCUT2D eigenvalue weighted by Crippen LogP contribution is 2.17. The molecule has 1 heterocycles. The second-order valence-electron chi connectivity index (χ2n) is 4.17. The Morgan fingerprint density at radius 2 is 1.75 bits per heavy atom. The van der Waals surface area contributed by atoms with Crippen LogP contribution in [0.1, 0.15) is 11.5 Å². The number of primary amides is 1. The normalized spacial score (nSPS) is 11.8. The number of amides is 1. The molecule has 0 bridgehead atoms. The molecule has 3 N–H and O–H groups in total. The second-order valence-corrected chi connectivity index (χ2v) is 4.17. The molecular weight excluding hydrogens is 260 g/mol. The quantitative estimate of drug-likeness (QED) is 0.790. The molecule has 0 aliphatic rings. The van der Waals surface area contributed by atoms with Gasteiger partial charge in [0.2, 0.25) is 5.91 Å². The van der Waals surface area contributed by atoms with E-state index in [9.17, 15) is 14.4 Å². The van der Waals surface area contributed by atoms with Gasteiger partial charge in [-0.2, -0.15) is 0 Å². The predicted octanol–water partition coefficient (Wildman–Crippen LogP) is 0.491. The summed E-state index contributed by atoms with van der Waals surface area (Å²) in [5, 5.41) is 8.97. The summed E-state index contributed by atoms with van der Waals surface area (Å²) in [7, 11) is 0. The van der Waals surface area contributed by atoms with Crippen LogP contribution in [0.25, 0.3) is 5.69 Å². The van der Waals surface area contributed by atoms with Crippen molar-refractivity contribution >= 4 is 11.9 Å². The van der Waals surface area contributed by atoms with Gasteiger partial charge in [0.1, 0.15) is 0 Å². The molecule has 0 fully saturated rings. The van der Waals surface area contributed by atoms with Gasteiger partial charge < -0.3 is 10.8 Å². The number of rotatable bonds is 4. The Kier molecular flexibility index (Phi) is 3.65. The molecule has 1 atom stereocenters. The lowest BCUT2D eigenvalue weighted by Crippen LogP contribution is -2.28. The molecular formula is C14H12N2O4. The number of carbonyl (C=O) groups excluding carboxylic acids is 1. The van der Waals surface area contributed by atoms with Gasteiger partial charge in [0.25, 0.3) is 5.56 Å². The number of carboxylic acid groups (broad SMARTS) is 1. The van der Waals surface area contributed by atoms with Gasteiger partial charge in [-0.25, -0.2) is 0 Å². The third kappa shape index (κ3) is 2.59. The molecule has 0 aliphatic heterocycles. The van der Waals surface area contributed by atoms with Crippen LogP contribution in [0.5, 0.6) is 0 Å². The number of hydrogen-bond acceptors (Lipinski definition) is 3. The van der Waals surface area contributed by atoms with Crippen LogP contribution in [0, 0.1) is 0 Å². The molecule has 0 aliphatic carbocycles. The van der Waals surface area contributed by atoms with Gasteiger partial charge in [0, 0.05) is 18.0 Å². The summed E-state index contributed by atoms with van der Waals surface area (Å²) in [5.41, 5.74) is 5.72. The number of nitrogens with zero attached hydrogens (tertiary/aromatic N) is 1. The lowest BCUT2D eigenvalue weighted by Gasteiger charge is -2.10. The average Bonchev–Trinajstić information content (AvgIpc) is 2.39. The smallest absolute Gasteiger partial charge is 0.320 e. The molecule has 6 nitrogen and oxygen atoms in total. The van der Waals surface area contributed by atoms with Gasteiger partial charge in [0.15, 0.2) is 5.92 Å². The minimum absolute atomic E-state index is 0.204. The molecule has 1 aromatic carbocycles. The number of benzene rings is 1. The summed E-state index contributed by atoms with van der Waals surface area (Å²) >= 11 is 0. The van der Waals surface area contributed by atoms with E-state index in [1.54, 1.807) is 30.5 Å². The number of pyridine rings is 1. The molecule has 20 heavy (non-hydrogen) atoms. The van der Waals surface area contributed by atoms with E-state index < -0.39 is 17.8 Å². The van der Waals surface area contributed by atoms with E-state index in [0.717, 1.165) is 0 Å². The summed E-state index contributed by atoms with van der Waals surface area (Å²) < 4.78 is 1.41. The van der Waals surface area contributed by atoms with Gasteiger partial charge in [-0.1, -0.05) is 18.2 Å². The number of aliphatic carboxylic acids is 1. The molecule has 1 unspecified atom stereocenters. The second kappa shape index (κ2) is 5.40. The number of carbonyl (C=O) groups is 2. The van der Waals surface area contributed by atoms with Gasteiger partial charge in [0.05, 0.1) is 0 Å². The summed E-state index contributed by atoms with van der Waals surface area (Å²) in [6, 6.07) is 10.8. The van der Waals surface area contributed by atoms with Crippen LogP contribution in [0.4, 0.5) is 0 Å². The maximum atomic E-state index is 11.6. The monoisotopic (exact) mass is 272 g/mol. The van der Waals surface area contributed by atoms with E-state index in [1.807, 2.05) is 0 Å². The molecule has 6 heteroatoms. The zero-order chi connectivity index (χ0) is 14.7. The van der Waals surface area contributed by atoms with E-state index in [0.29, 0.717) is 5.69 Å². The minimum Gasteiger partial charge on any atom is -0.480 e. The van der Waals surface area contributed by atoms with Gasteiger partial charge in [-0.15, -0.1) is 0 Å². The maximum Gasteiger partial charge on any atom is 0.320 e. The van der Waals surface area contributed by atoms with E-state index in [-0.39, 0.29) is 11.1 Å². The maximum absolute atomic E-state index is 11.6. The van der Waals surface area contributed by atoms with Crippen LogP contribution in [0.3, 0.4) is 0 Å². The molecule has 1 aromatic heterocycles. The third-order valence-corrected chi connectivity index (χ3v) is 2.86. The van der Waals surface area contributed by atoms with Crippen molar-refractivity contribution in [3.8, 4) is 5.69 Å². The Morgan fingerprint density at radius 3 is 2.25 bits per heavy atom. The molecule has 2 aromatic rings. The standard InChI is InChI=1S/C14H12N2O4/c15-13(18)12(14(19)20)9-4-6-10(7-5-9)16-8-2-1-3-11(16)17/h1-8,12H,(H2,15,18)(H,19,20). The van der Waals surface area contributed by atoms with Crippen molar-refractivity contribution in [2.24, 2.45) is 5.73 Å². The van der Waals surface area contributed by atoms with Crippen molar-refractivity contribution in [2.45, 2.75) is 5.92 Å². The highest BCUT2D eigenvalue weighted by atomic mass is 16.4. The van der Waals surface area contributed by atoms with Crippen LogP contribution in [0.2, 0.25) is 0 Å². The van der Waals surface area contributed by atoms with Crippen molar-refractivity contribution in [1.82, 2.24) is 4.57 Å². The molecule has 2 rings (SSSR count). The van der Waals surface area contributed by atoms with E-state index in [2.05, 4.69) is 0 Å². The van der Waals surface area contributed by atoms with E-state index in [1.165, 1.54) is 22.8 Å². The summed E-state index contributed by atoms with van der Waals surface area (Å²) in [6.45, 7) is 0. The molecule has 0 saturated carbocycles. The van der Waals surface area contributed by atoms with Crippen LogP contribution in [-0.4, -0.2) is 21.6 Å². The Labute approximate surface area is 114 Å². The summed E-state index contributed by atoms with van der Waals surface area (Å²) in [4.78, 5) is 33.8. The Balaban J connectivity index is 2.40. The van der Waals surface area contributed by atoms with E-state index in [4.69, 9.17) is 10.8 Å². The van der Waals surface area contributed by atoms with Crippen molar-refractivity contribution in [1.29, 1.82) is 0 Å². The zero-order valence-electron chi connectivity index (χ0n) is 10.4. The first kappa shape index (κ1) is 13.5. The first-order valence-corrected chi connectivity index (χ1v) is 5.81. The third-order valence-electron chi connectivity index (χ3n) is 2.86. The SMILES string of the molecule is NC(=O)C(C(=O)O)c1ccc(-n2ccccc2=O)cc1. The topological polar surface area (TPSA) is 102 Å². The molecule has 0 spiro atoms. The molecule has 1 amide bonds. The van der Waals surface area contributed by atoms with Gasteiger partial charge in [-0.3, -0.25) is 19.0 Å². The average molecular weight is 272 g/mol. The lowest BCUT2D eigenvalue weighted by molar-refractivity contribution is -0.142. The highest BCUT2D eigenvalue weighted by Gasteiger charge is 2.25. The summed E-state index contributed by atoms with van der Waals surface area (Å²) in [5.74, 6) is -3.62. The highest BCUT2D eigenvalue weighted by molar-refractivity contribution is 6.01. The fraction of sp³-hybridized carbons (Fsp3) is 0.0714. The largest absolute Gasteiger partial charge is 0.480 e. The first-order chi connectivity index (χ1) is 9.50. The number of nitrogens with two attached hydrogens (primary N) is 1. The number of carboxylic acids is 1. The van der Waals surface area contributed by atoms with Crippen molar-refractivity contribution < 1.29 is 14.7 Å². The fourth-order valence-corrected chi connectivity index (χ4v) is 1.90. The first-order valence-electron chi connectivity index (χ1n) is 5.81. The van der Waals surface area contributed by atoms with Gasteiger partial charge >= 0.3 is 5.97 Å². The van der Waals surface area contributed by atoms with Crippen molar-refractivity contribution in [2.75, 3.05) is 0 Å². The Bertz CT molecular complexity index is 690. The van der Waals surface area contributed by atoms with Crippen LogP contribution in [-0.2, 0) is 9.59 Å². The fourth-order valence-electron chi connectivity index (χ4n) is 1.90. The molecule has 102 valence electrons. The molecule has 0 radical (unpaired) electrons. The van der Waals surface area contributed by atoms with Crippen LogP contribution in [0.15, 0.2) is 53.5 Å². The summed E-state index contributed by atoms with van der Waals surface area (Å²) in [6.07, 6.45) is 1.60. The predicted molar refractivity (Wildman–Crippen MR) is 71.6 cm³/mol. The number of hydrogen-bond donors (Lipinski definition) is 2.